The van der Waals surface area contributed by atoms with E-state index < -0.39 is 0 Å². The minimum atomic E-state index is 1.11. The van der Waals surface area contributed by atoms with Gasteiger partial charge in [-0.25, -0.2) is 0 Å². The SMILES string of the molecule is c1ccc(-n2c3ccc(-n4c5ccccc5c5c6c7cc8ccccc8cc7n7c8ccccc8c(cc54)c67)cc3c3ccncc32)cc1. The van der Waals surface area contributed by atoms with Crippen LogP contribution >= 0.6 is 0 Å². The van der Waals surface area contributed by atoms with Crippen LogP contribution in [0.25, 0.3) is 104 Å². The first-order chi connectivity index (χ1) is 24.3. The molecule has 5 aromatic heterocycles. The smallest absolute Gasteiger partial charge is 0.0724 e. The lowest BCUT2D eigenvalue weighted by molar-refractivity contribution is 1.16. The van der Waals surface area contributed by atoms with Crippen molar-refractivity contribution in [2.45, 2.75) is 0 Å². The normalized spacial score (nSPS) is 12.5. The zero-order valence-corrected chi connectivity index (χ0v) is 26.3. The van der Waals surface area contributed by atoms with Crippen molar-refractivity contribution in [3.63, 3.8) is 0 Å². The lowest BCUT2D eigenvalue weighted by Gasteiger charge is -2.10. The van der Waals surface area contributed by atoms with Crippen LogP contribution < -0.4 is 0 Å². The number of pyridine rings is 1. The molecule has 12 rings (SSSR count). The highest BCUT2D eigenvalue weighted by atomic mass is 15.0. The van der Waals surface area contributed by atoms with E-state index in [0.717, 1.165) is 16.9 Å². The number of hydrogen-bond acceptors (Lipinski definition) is 1. The minimum Gasteiger partial charge on any atom is -0.309 e. The topological polar surface area (TPSA) is 27.2 Å². The highest BCUT2D eigenvalue weighted by Gasteiger charge is 2.24. The Morgan fingerprint density at radius 2 is 1.06 bits per heavy atom. The Kier molecular flexibility index (Phi) is 4.69. The molecule has 12 aromatic rings. The number of para-hydroxylation sites is 3. The summed E-state index contributed by atoms with van der Waals surface area (Å²) in [6, 6.07) is 53.4. The van der Waals surface area contributed by atoms with Crippen molar-refractivity contribution in [1.82, 2.24) is 18.5 Å². The molecular weight excluding hydrogens is 597 g/mol. The summed E-state index contributed by atoms with van der Waals surface area (Å²) in [7, 11) is 0. The van der Waals surface area contributed by atoms with Gasteiger partial charge in [0.25, 0.3) is 0 Å². The van der Waals surface area contributed by atoms with Crippen molar-refractivity contribution in [3.8, 4) is 11.4 Å². The van der Waals surface area contributed by atoms with Crippen LogP contribution in [0, 0.1) is 0 Å². The van der Waals surface area contributed by atoms with Crippen LogP contribution in [0.15, 0.2) is 158 Å². The first-order valence-electron chi connectivity index (χ1n) is 16.8. The Morgan fingerprint density at radius 3 is 1.94 bits per heavy atom. The summed E-state index contributed by atoms with van der Waals surface area (Å²) in [4.78, 5) is 4.53. The molecule has 0 aliphatic heterocycles. The Morgan fingerprint density at radius 1 is 0.367 bits per heavy atom. The maximum absolute atomic E-state index is 4.53. The Balaban J connectivity index is 1.27. The van der Waals surface area contributed by atoms with Crippen LogP contribution in [-0.4, -0.2) is 18.5 Å². The predicted octanol–water partition coefficient (Wildman–Crippen LogP) is 11.6. The number of rotatable bonds is 2. The van der Waals surface area contributed by atoms with Crippen molar-refractivity contribution < 1.29 is 0 Å². The highest BCUT2D eigenvalue weighted by Crippen LogP contribution is 2.47. The molecule has 4 heteroatoms. The Hall–Kier alpha value is -6.65. The van der Waals surface area contributed by atoms with Gasteiger partial charge in [0, 0.05) is 60.7 Å². The number of aromatic nitrogens is 4. The summed E-state index contributed by atoms with van der Waals surface area (Å²) in [5, 5.41) is 12.7. The van der Waals surface area contributed by atoms with Gasteiger partial charge in [0.1, 0.15) is 0 Å². The summed E-state index contributed by atoms with van der Waals surface area (Å²) in [5.41, 5.74) is 10.8. The summed E-state index contributed by atoms with van der Waals surface area (Å²) < 4.78 is 7.32. The molecule has 0 saturated carbocycles. The molecule has 0 amide bonds. The molecular formula is C45H26N4. The lowest BCUT2D eigenvalue weighted by atomic mass is 10.0. The van der Waals surface area contributed by atoms with E-state index in [1.807, 2.05) is 12.4 Å². The van der Waals surface area contributed by atoms with Crippen molar-refractivity contribution in [1.29, 1.82) is 0 Å². The first kappa shape index (κ1) is 25.4. The summed E-state index contributed by atoms with van der Waals surface area (Å²) in [5.74, 6) is 0. The van der Waals surface area contributed by atoms with Gasteiger partial charge in [0.2, 0.25) is 0 Å². The maximum atomic E-state index is 4.53. The van der Waals surface area contributed by atoms with Gasteiger partial charge in [-0.05, 0) is 77.5 Å². The molecule has 0 aliphatic rings. The van der Waals surface area contributed by atoms with Crippen molar-refractivity contribution in [3.05, 3.63) is 158 Å². The van der Waals surface area contributed by atoms with Crippen LogP contribution in [0.1, 0.15) is 0 Å². The molecule has 5 heterocycles. The molecule has 0 fully saturated rings. The maximum Gasteiger partial charge on any atom is 0.0724 e. The van der Waals surface area contributed by atoms with Crippen molar-refractivity contribution >= 4 is 92.5 Å². The molecule has 0 radical (unpaired) electrons. The van der Waals surface area contributed by atoms with Gasteiger partial charge in [-0.2, -0.15) is 0 Å². The molecule has 0 aliphatic carbocycles. The molecule has 0 unspecified atom stereocenters. The molecule has 0 atom stereocenters. The fourth-order valence-corrected chi connectivity index (χ4v) is 8.83. The van der Waals surface area contributed by atoms with Crippen LogP contribution in [0.2, 0.25) is 0 Å². The van der Waals surface area contributed by atoms with Gasteiger partial charge in [0.15, 0.2) is 0 Å². The van der Waals surface area contributed by atoms with E-state index in [0.29, 0.717) is 0 Å². The van der Waals surface area contributed by atoms with Gasteiger partial charge in [-0.15, -0.1) is 0 Å². The zero-order chi connectivity index (χ0) is 31.8. The van der Waals surface area contributed by atoms with Crippen LogP contribution in [-0.2, 0) is 0 Å². The van der Waals surface area contributed by atoms with Crippen molar-refractivity contribution in [2.75, 3.05) is 0 Å². The van der Waals surface area contributed by atoms with E-state index in [1.165, 1.54) is 87.0 Å². The van der Waals surface area contributed by atoms with E-state index in [-0.39, 0.29) is 0 Å². The molecule has 0 spiro atoms. The molecule has 0 N–H and O–H groups in total. The number of benzene rings is 7. The monoisotopic (exact) mass is 622 g/mol. The molecule has 0 bridgehead atoms. The second-order valence-corrected chi connectivity index (χ2v) is 13.2. The second-order valence-electron chi connectivity index (χ2n) is 13.2. The van der Waals surface area contributed by atoms with Crippen LogP contribution in [0.5, 0.6) is 0 Å². The average molecular weight is 623 g/mol. The summed E-state index contributed by atoms with van der Waals surface area (Å²) in [6.45, 7) is 0. The van der Waals surface area contributed by atoms with Crippen LogP contribution in [0.3, 0.4) is 0 Å². The predicted molar refractivity (Wildman–Crippen MR) is 205 cm³/mol. The lowest BCUT2D eigenvalue weighted by Crippen LogP contribution is -1.95. The fourth-order valence-electron chi connectivity index (χ4n) is 8.83. The third-order valence-electron chi connectivity index (χ3n) is 10.8. The zero-order valence-electron chi connectivity index (χ0n) is 26.3. The largest absolute Gasteiger partial charge is 0.309 e. The fraction of sp³-hybridized carbons (Fsp3) is 0. The van der Waals surface area contributed by atoms with Crippen LogP contribution in [0.4, 0.5) is 0 Å². The van der Waals surface area contributed by atoms with Gasteiger partial charge in [-0.3, -0.25) is 4.98 Å². The van der Waals surface area contributed by atoms with E-state index in [4.69, 9.17) is 0 Å². The molecule has 4 nitrogen and oxygen atoms in total. The first-order valence-corrected chi connectivity index (χ1v) is 16.8. The summed E-state index contributed by atoms with van der Waals surface area (Å²) in [6.07, 6.45) is 3.89. The van der Waals surface area contributed by atoms with Gasteiger partial charge in [-0.1, -0.05) is 78.9 Å². The summed E-state index contributed by atoms with van der Waals surface area (Å²) >= 11 is 0. The Bertz CT molecular complexity index is 3320. The van der Waals surface area contributed by atoms with Gasteiger partial charge < -0.3 is 13.5 Å². The minimum absolute atomic E-state index is 1.11. The standard InChI is InChI=1S/C45H26N4/c1-2-12-29(13-3-1)47-39-19-18-30(24-34(39)32-20-21-46-26-42(32)47)48-38-17-9-7-15-33(38)43-41(48)25-35-31-14-6-8-16-37(31)49-40-23-28-11-5-4-10-27(28)22-36(40)44(43)45(35)49/h1-26H. The highest BCUT2D eigenvalue weighted by molar-refractivity contribution is 6.36. The molecule has 7 aromatic carbocycles. The number of fused-ring (bicyclic) bond motifs is 14. The molecule has 49 heavy (non-hydrogen) atoms. The Labute approximate surface area is 279 Å². The van der Waals surface area contributed by atoms with E-state index in [2.05, 4.69) is 164 Å². The van der Waals surface area contributed by atoms with Crippen molar-refractivity contribution in [2.24, 2.45) is 0 Å². The quantitative estimate of drug-likeness (QED) is 0.188. The third kappa shape index (κ3) is 3.16. The second kappa shape index (κ2) is 9.03. The third-order valence-corrected chi connectivity index (χ3v) is 10.8. The van der Waals surface area contributed by atoms with E-state index in [1.54, 1.807) is 0 Å². The van der Waals surface area contributed by atoms with E-state index in [9.17, 15) is 0 Å². The molecule has 0 saturated heterocycles. The van der Waals surface area contributed by atoms with Gasteiger partial charge >= 0.3 is 0 Å². The molecule has 226 valence electrons. The number of hydrogen-bond donors (Lipinski definition) is 0. The van der Waals surface area contributed by atoms with E-state index >= 15 is 0 Å². The average Bonchev–Trinajstić information content (AvgIpc) is 3.87. The van der Waals surface area contributed by atoms with Gasteiger partial charge in [0.05, 0.1) is 44.8 Å². The number of nitrogens with zero attached hydrogens (tertiary/aromatic N) is 4.